The van der Waals surface area contributed by atoms with Crippen LogP contribution in [-0.2, 0) is 0 Å². The number of rotatable bonds is 2. The van der Waals surface area contributed by atoms with Crippen LogP contribution >= 0.6 is 0 Å². The number of oxime groups is 1. The molecule has 6 heteroatoms. The zero-order valence-electron chi connectivity index (χ0n) is 9.49. The average Bonchev–Trinajstić information content (AvgIpc) is 2.38. The Balaban J connectivity index is 2.92. The van der Waals surface area contributed by atoms with Crippen molar-refractivity contribution in [2.24, 2.45) is 5.16 Å². The molecule has 0 radical (unpaired) electrons. The normalized spacial score (nSPS) is 11.7. The molecule has 18 heavy (non-hydrogen) atoms. The minimum atomic E-state index is -0.532. The van der Waals surface area contributed by atoms with Crippen LogP contribution in [0, 0.1) is 10.1 Å². The molecule has 0 saturated heterocycles. The van der Waals surface area contributed by atoms with Gasteiger partial charge in [-0.1, -0.05) is 23.4 Å². The van der Waals surface area contributed by atoms with E-state index in [9.17, 15) is 15.2 Å². The number of non-ortho nitro benzene ring substituents is 1. The molecule has 2 N–H and O–H groups in total. The molecule has 0 aliphatic rings. The average molecular weight is 246 g/mol. The lowest BCUT2D eigenvalue weighted by Gasteiger charge is -2.07. The lowest BCUT2D eigenvalue weighted by molar-refractivity contribution is -0.383. The van der Waals surface area contributed by atoms with E-state index in [0.29, 0.717) is 10.8 Å². The number of benzene rings is 2. The third kappa shape index (κ3) is 1.73. The van der Waals surface area contributed by atoms with E-state index in [1.54, 1.807) is 24.3 Å². The zero-order valence-corrected chi connectivity index (χ0v) is 9.49. The third-order valence-electron chi connectivity index (χ3n) is 2.73. The predicted molar refractivity (Wildman–Crippen MR) is 66.3 cm³/mol. The van der Waals surface area contributed by atoms with Crippen LogP contribution in [0.15, 0.2) is 35.5 Å². The van der Waals surface area contributed by atoms with Crippen molar-refractivity contribution in [2.75, 3.05) is 0 Å². The molecule has 0 saturated carbocycles. The molecular weight excluding hydrogens is 236 g/mol. The van der Waals surface area contributed by atoms with E-state index in [1.165, 1.54) is 13.0 Å². The first kappa shape index (κ1) is 11.8. The predicted octanol–water partition coefficient (Wildman–Crippen LogP) is 2.65. The van der Waals surface area contributed by atoms with Crippen LogP contribution in [0.1, 0.15) is 12.5 Å². The van der Waals surface area contributed by atoms with Gasteiger partial charge in [-0.2, -0.15) is 0 Å². The standard InChI is InChI=1S/C12H10N2O4/c1-7(13-16)10-6-11(14(17)18)8-4-2-3-5-9(8)12(10)15/h2-6,15-16H,1H3/b13-7-. The van der Waals surface area contributed by atoms with Gasteiger partial charge in [0.1, 0.15) is 5.75 Å². The summed E-state index contributed by atoms with van der Waals surface area (Å²) in [6, 6.07) is 7.66. The van der Waals surface area contributed by atoms with E-state index < -0.39 is 4.92 Å². The summed E-state index contributed by atoms with van der Waals surface area (Å²) in [6.07, 6.45) is 0. The van der Waals surface area contributed by atoms with E-state index in [4.69, 9.17) is 5.21 Å². The van der Waals surface area contributed by atoms with Crippen molar-refractivity contribution in [3.8, 4) is 5.75 Å². The largest absolute Gasteiger partial charge is 0.507 e. The van der Waals surface area contributed by atoms with Crippen molar-refractivity contribution in [3.63, 3.8) is 0 Å². The summed E-state index contributed by atoms with van der Waals surface area (Å²) in [7, 11) is 0. The van der Waals surface area contributed by atoms with Gasteiger partial charge in [-0.3, -0.25) is 10.1 Å². The molecule has 2 rings (SSSR count). The molecule has 0 heterocycles. The number of nitro benzene ring substituents is 1. The highest BCUT2D eigenvalue weighted by atomic mass is 16.6. The number of nitro groups is 1. The first-order valence-electron chi connectivity index (χ1n) is 5.14. The first-order valence-corrected chi connectivity index (χ1v) is 5.14. The Morgan fingerprint density at radius 3 is 2.50 bits per heavy atom. The van der Waals surface area contributed by atoms with Gasteiger partial charge in [-0.05, 0) is 13.0 Å². The quantitative estimate of drug-likeness (QED) is 0.368. The fourth-order valence-corrected chi connectivity index (χ4v) is 1.82. The molecule has 6 nitrogen and oxygen atoms in total. The van der Waals surface area contributed by atoms with Gasteiger partial charge in [-0.15, -0.1) is 0 Å². The lowest BCUT2D eigenvalue weighted by atomic mass is 10.0. The van der Waals surface area contributed by atoms with Gasteiger partial charge < -0.3 is 10.3 Å². The van der Waals surface area contributed by atoms with Crippen LogP contribution in [0.5, 0.6) is 5.75 Å². The van der Waals surface area contributed by atoms with E-state index >= 15 is 0 Å². The molecule has 0 unspecified atom stereocenters. The highest BCUT2D eigenvalue weighted by Crippen LogP contribution is 2.35. The second-order valence-electron chi connectivity index (χ2n) is 3.78. The fourth-order valence-electron chi connectivity index (χ4n) is 1.82. The second-order valence-corrected chi connectivity index (χ2v) is 3.78. The Hall–Kier alpha value is -2.63. The van der Waals surface area contributed by atoms with Crippen LogP contribution < -0.4 is 0 Å². The Bertz CT molecular complexity index is 664. The van der Waals surface area contributed by atoms with E-state index in [1.807, 2.05) is 0 Å². The van der Waals surface area contributed by atoms with Gasteiger partial charge in [0, 0.05) is 17.0 Å². The van der Waals surface area contributed by atoms with E-state index in [-0.39, 0.29) is 22.7 Å². The zero-order chi connectivity index (χ0) is 13.3. The first-order chi connectivity index (χ1) is 8.56. The maximum Gasteiger partial charge on any atom is 0.278 e. The highest BCUT2D eigenvalue weighted by molar-refractivity contribution is 6.08. The minimum Gasteiger partial charge on any atom is -0.507 e. The molecule has 0 spiro atoms. The van der Waals surface area contributed by atoms with Gasteiger partial charge in [-0.25, -0.2) is 0 Å². The van der Waals surface area contributed by atoms with Crippen LogP contribution in [0.4, 0.5) is 5.69 Å². The van der Waals surface area contributed by atoms with Gasteiger partial charge in [0.05, 0.1) is 16.0 Å². The molecule has 2 aromatic carbocycles. The SMILES string of the molecule is C/C(=N/O)c1cc([N+](=O)[O-])c2ccccc2c1O. The maximum atomic E-state index is 11.0. The van der Waals surface area contributed by atoms with Crippen LogP contribution in [0.3, 0.4) is 0 Å². The van der Waals surface area contributed by atoms with Crippen molar-refractivity contribution in [1.29, 1.82) is 0 Å². The number of aromatic hydroxyl groups is 1. The van der Waals surface area contributed by atoms with Gasteiger partial charge >= 0.3 is 0 Å². The molecule has 0 atom stereocenters. The van der Waals surface area contributed by atoms with Crippen molar-refractivity contribution >= 4 is 22.2 Å². The Morgan fingerprint density at radius 1 is 1.33 bits per heavy atom. The minimum absolute atomic E-state index is 0.112. The van der Waals surface area contributed by atoms with Crippen molar-refractivity contribution < 1.29 is 15.2 Å². The summed E-state index contributed by atoms with van der Waals surface area (Å²) in [6.45, 7) is 1.45. The molecule has 0 aromatic heterocycles. The molecule has 92 valence electrons. The number of phenols is 1. The molecule has 2 aromatic rings. The van der Waals surface area contributed by atoms with Crippen LogP contribution in [-0.4, -0.2) is 20.9 Å². The molecule has 0 fully saturated rings. The molecule has 0 aliphatic heterocycles. The van der Waals surface area contributed by atoms with Gasteiger partial charge in [0.15, 0.2) is 0 Å². The summed E-state index contributed by atoms with van der Waals surface area (Å²) in [4.78, 5) is 10.5. The molecule has 0 bridgehead atoms. The van der Waals surface area contributed by atoms with E-state index in [0.717, 1.165) is 0 Å². The van der Waals surface area contributed by atoms with Gasteiger partial charge in [0.2, 0.25) is 0 Å². The summed E-state index contributed by atoms with van der Waals surface area (Å²) < 4.78 is 0. The summed E-state index contributed by atoms with van der Waals surface area (Å²) in [5.41, 5.74) is 0.116. The molecular formula is C12H10N2O4. The monoisotopic (exact) mass is 246 g/mol. The smallest absolute Gasteiger partial charge is 0.278 e. The van der Waals surface area contributed by atoms with Gasteiger partial charge in [0.25, 0.3) is 5.69 Å². The maximum absolute atomic E-state index is 11.0. The fraction of sp³-hybridized carbons (Fsp3) is 0.0833. The lowest BCUT2D eigenvalue weighted by Crippen LogP contribution is -1.99. The van der Waals surface area contributed by atoms with E-state index in [2.05, 4.69) is 5.16 Å². The summed E-state index contributed by atoms with van der Waals surface area (Å²) >= 11 is 0. The summed E-state index contributed by atoms with van der Waals surface area (Å²) in [5.74, 6) is -0.133. The Labute approximate surface area is 102 Å². The number of phenolic OH excluding ortho intramolecular Hbond substituents is 1. The van der Waals surface area contributed by atoms with Crippen molar-refractivity contribution in [3.05, 3.63) is 46.0 Å². The number of hydrogen-bond acceptors (Lipinski definition) is 5. The van der Waals surface area contributed by atoms with Crippen molar-refractivity contribution in [1.82, 2.24) is 0 Å². The number of hydrogen-bond donors (Lipinski definition) is 2. The molecule has 0 aliphatic carbocycles. The topological polar surface area (TPSA) is 96.0 Å². The number of fused-ring (bicyclic) bond motifs is 1. The molecule has 0 amide bonds. The highest BCUT2D eigenvalue weighted by Gasteiger charge is 2.19. The van der Waals surface area contributed by atoms with Crippen LogP contribution in [0.25, 0.3) is 10.8 Å². The summed E-state index contributed by atoms with van der Waals surface area (Å²) in [5, 5.41) is 33.4. The number of nitrogens with zero attached hydrogens (tertiary/aromatic N) is 2. The Morgan fingerprint density at radius 2 is 1.94 bits per heavy atom. The van der Waals surface area contributed by atoms with Crippen LogP contribution in [0.2, 0.25) is 0 Å². The van der Waals surface area contributed by atoms with Crippen molar-refractivity contribution in [2.45, 2.75) is 6.92 Å². The Kier molecular flexibility index (Phi) is 2.85. The third-order valence-corrected chi connectivity index (χ3v) is 2.73. The second kappa shape index (κ2) is 4.33.